The number of hydrogen-bond acceptors (Lipinski definition) is 2. The van der Waals surface area contributed by atoms with Gasteiger partial charge in [-0.3, -0.25) is 0 Å². The summed E-state index contributed by atoms with van der Waals surface area (Å²) >= 11 is 0. The van der Waals surface area contributed by atoms with Crippen molar-refractivity contribution in [1.29, 1.82) is 0 Å². The Kier molecular flexibility index (Phi) is 5.66. The molecule has 0 aromatic heterocycles. The van der Waals surface area contributed by atoms with Crippen LogP contribution >= 0.6 is 0 Å². The van der Waals surface area contributed by atoms with Crippen LogP contribution in [0, 0.1) is 0 Å². The van der Waals surface area contributed by atoms with Gasteiger partial charge in [0.1, 0.15) is 0 Å². The van der Waals surface area contributed by atoms with E-state index in [-0.39, 0.29) is 6.04 Å². The Hall–Kier alpha value is -2.01. The molecule has 2 aromatic rings. The van der Waals surface area contributed by atoms with Crippen molar-refractivity contribution in [1.82, 2.24) is 5.32 Å². The van der Waals surface area contributed by atoms with Crippen molar-refractivity contribution in [2.24, 2.45) is 0 Å². The van der Waals surface area contributed by atoms with Gasteiger partial charge in [-0.1, -0.05) is 36.4 Å². The maximum atomic E-state index is 12.9. The number of anilines is 1. The van der Waals surface area contributed by atoms with Crippen LogP contribution < -0.4 is 10.2 Å². The standard InChI is InChI=1S/C18H21F3N2/c1-22-12-11-17(14-7-4-3-5-8-14)23(2)16-10-6-9-15(13-16)18(19,20)21/h3-10,13,17,22H,11-12H2,1-2H3. The molecule has 0 saturated heterocycles. The number of halogens is 3. The van der Waals surface area contributed by atoms with E-state index < -0.39 is 11.7 Å². The molecule has 2 aromatic carbocycles. The van der Waals surface area contributed by atoms with Gasteiger partial charge < -0.3 is 10.2 Å². The molecule has 23 heavy (non-hydrogen) atoms. The predicted octanol–water partition coefficient (Wildman–Crippen LogP) is 4.49. The third-order valence-corrected chi connectivity index (χ3v) is 3.90. The molecule has 0 radical (unpaired) electrons. The zero-order valence-electron chi connectivity index (χ0n) is 13.3. The zero-order chi connectivity index (χ0) is 16.9. The molecule has 1 N–H and O–H groups in total. The van der Waals surface area contributed by atoms with Crippen molar-refractivity contribution in [3.8, 4) is 0 Å². The third-order valence-electron chi connectivity index (χ3n) is 3.90. The van der Waals surface area contributed by atoms with E-state index in [1.54, 1.807) is 6.07 Å². The smallest absolute Gasteiger partial charge is 0.367 e. The molecule has 0 fully saturated rings. The first kappa shape index (κ1) is 17.3. The van der Waals surface area contributed by atoms with Crippen LogP contribution in [0.4, 0.5) is 18.9 Å². The Morgan fingerprint density at radius 3 is 2.35 bits per heavy atom. The molecule has 0 heterocycles. The van der Waals surface area contributed by atoms with Gasteiger partial charge in [-0.05, 0) is 43.8 Å². The van der Waals surface area contributed by atoms with Crippen molar-refractivity contribution in [2.45, 2.75) is 18.6 Å². The lowest BCUT2D eigenvalue weighted by Crippen LogP contribution is -2.27. The zero-order valence-corrected chi connectivity index (χ0v) is 13.3. The van der Waals surface area contributed by atoms with Gasteiger partial charge in [0.25, 0.3) is 0 Å². The first-order chi connectivity index (χ1) is 10.9. The summed E-state index contributed by atoms with van der Waals surface area (Å²) in [5, 5.41) is 3.10. The number of hydrogen-bond donors (Lipinski definition) is 1. The lowest BCUT2D eigenvalue weighted by atomic mass is 10.0. The highest BCUT2D eigenvalue weighted by molar-refractivity contribution is 5.50. The first-order valence-corrected chi connectivity index (χ1v) is 7.53. The van der Waals surface area contributed by atoms with E-state index in [0.717, 1.165) is 24.6 Å². The summed E-state index contributed by atoms with van der Waals surface area (Å²) in [6.45, 7) is 0.781. The summed E-state index contributed by atoms with van der Waals surface area (Å²) < 4.78 is 38.8. The van der Waals surface area contributed by atoms with Crippen LogP contribution in [0.5, 0.6) is 0 Å². The fourth-order valence-corrected chi connectivity index (χ4v) is 2.62. The average molecular weight is 322 g/mol. The van der Waals surface area contributed by atoms with Crippen LogP contribution in [0.2, 0.25) is 0 Å². The summed E-state index contributed by atoms with van der Waals surface area (Å²) in [5.41, 5.74) is 1.02. The Morgan fingerprint density at radius 1 is 1.04 bits per heavy atom. The van der Waals surface area contributed by atoms with Crippen LogP contribution in [-0.2, 0) is 6.18 Å². The fourth-order valence-electron chi connectivity index (χ4n) is 2.62. The summed E-state index contributed by atoms with van der Waals surface area (Å²) in [7, 11) is 3.70. The molecule has 1 unspecified atom stereocenters. The second-order valence-corrected chi connectivity index (χ2v) is 5.48. The molecular formula is C18H21F3N2. The molecule has 1 atom stereocenters. The van der Waals surface area contributed by atoms with Gasteiger partial charge >= 0.3 is 6.18 Å². The average Bonchev–Trinajstić information content (AvgIpc) is 2.55. The van der Waals surface area contributed by atoms with E-state index in [1.807, 2.05) is 49.3 Å². The Balaban J connectivity index is 2.32. The minimum absolute atomic E-state index is 0.00661. The second kappa shape index (κ2) is 7.51. The number of nitrogens with one attached hydrogen (secondary N) is 1. The molecule has 0 aliphatic heterocycles. The summed E-state index contributed by atoms with van der Waals surface area (Å²) in [5.74, 6) is 0. The van der Waals surface area contributed by atoms with Gasteiger partial charge in [-0.25, -0.2) is 0 Å². The molecule has 0 aliphatic rings. The Labute approximate surface area is 134 Å². The van der Waals surface area contributed by atoms with E-state index >= 15 is 0 Å². The number of alkyl halides is 3. The quantitative estimate of drug-likeness (QED) is 0.843. The number of benzene rings is 2. The van der Waals surface area contributed by atoms with Crippen LogP contribution in [0.15, 0.2) is 54.6 Å². The number of nitrogens with zero attached hydrogens (tertiary/aromatic N) is 1. The first-order valence-electron chi connectivity index (χ1n) is 7.53. The van der Waals surface area contributed by atoms with E-state index in [2.05, 4.69) is 5.32 Å². The monoisotopic (exact) mass is 322 g/mol. The molecule has 0 aliphatic carbocycles. The summed E-state index contributed by atoms with van der Waals surface area (Å²) in [6, 6.07) is 15.3. The largest absolute Gasteiger partial charge is 0.416 e. The molecule has 2 rings (SSSR count). The van der Waals surface area contributed by atoms with Gasteiger partial charge in [0.05, 0.1) is 11.6 Å². The highest BCUT2D eigenvalue weighted by Crippen LogP contribution is 2.34. The molecule has 0 amide bonds. The van der Waals surface area contributed by atoms with Crippen LogP contribution in [0.3, 0.4) is 0 Å². The van der Waals surface area contributed by atoms with Crippen molar-refractivity contribution in [2.75, 3.05) is 25.5 Å². The van der Waals surface area contributed by atoms with E-state index in [1.165, 1.54) is 12.1 Å². The molecule has 5 heteroatoms. The summed E-state index contributed by atoms with van der Waals surface area (Å²) in [4.78, 5) is 1.90. The van der Waals surface area contributed by atoms with Crippen molar-refractivity contribution >= 4 is 5.69 Å². The maximum absolute atomic E-state index is 12.9. The molecule has 0 bridgehead atoms. The van der Waals surface area contributed by atoms with Gasteiger partial charge in [0.2, 0.25) is 0 Å². The van der Waals surface area contributed by atoms with E-state index in [9.17, 15) is 13.2 Å². The number of rotatable bonds is 6. The third kappa shape index (κ3) is 4.48. The molecule has 2 nitrogen and oxygen atoms in total. The minimum Gasteiger partial charge on any atom is -0.367 e. The minimum atomic E-state index is -4.33. The van der Waals surface area contributed by atoms with Gasteiger partial charge in [-0.2, -0.15) is 13.2 Å². The SMILES string of the molecule is CNCCC(c1ccccc1)N(C)c1cccc(C(F)(F)F)c1. The topological polar surface area (TPSA) is 15.3 Å². The van der Waals surface area contributed by atoms with Gasteiger partial charge in [0, 0.05) is 12.7 Å². The van der Waals surface area contributed by atoms with E-state index in [0.29, 0.717) is 5.69 Å². The van der Waals surface area contributed by atoms with Crippen molar-refractivity contribution in [3.63, 3.8) is 0 Å². The molecular weight excluding hydrogens is 301 g/mol. The molecule has 0 spiro atoms. The van der Waals surface area contributed by atoms with Crippen LogP contribution in [-0.4, -0.2) is 20.6 Å². The van der Waals surface area contributed by atoms with Crippen molar-refractivity contribution < 1.29 is 13.2 Å². The van der Waals surface area contributed by atoms with Crippen LogP contribution in [0.1, 0.15) is 23.6 Å². The predicted molar refractivity (Wildman–Crippen MR) is 87.6 cm³/mol. The van der Waals surface area contributed by atoms with Gasteiger partial charge in [-0.15, -0.1) is 0 Å². The normalized spacial score (nSPS) is 12.9. The summed E-state index contributed by atoms with van der Waals surface area (Å²) in [6.07, 6.45) is -3.53. The Morgan fingerprint density at radius 2 is 1.74 bits per heavy atom. The second-order valence-electron chi connectivity index (χ2n) is 5.48. The lowest BCUT2D eigenvalue weighted by molar-refractivity contribution is -0.137. The molecule has 0 saturated carbocycles. The maximum Gasteiger partial charge on any atom is 0.416 e. The van der Waals surface area contributed by atoms with Gasteiger partial charge in [0.15, 0.2) is 0 Å². The van der Waals surface area contributed by atoms with E-state index in [4.69, 9.17) is 0 Å². The van der Waals surface area contributed by atoms with Crippen LogP contribution in [0.25, 0.3) is 0 Å². The molecule has 124 valence electrons. The Bertz CT molecular complexity index is 611. The van der Waals surface area contributed by atoms with Crippen molar-refractivity contribution in [3.05, 3.63) is 65.7 Å². The lowest BCUT2D eigenvalue weighted by Gasteiger charge is -2.31. The highest BCUT2D eigenvalue weighted by Gasteiger charge is 2.31. The fraction of sp³-hybridized carbons (Fsp3) is 0.333. The highest BCUT2D eigenvalue weighted by atomic mass is 19.4.